The summed E-state index contributed by atoms with van der Waals surface area (Å²) in [5.74, 6) is -0.519. The summed E-state index contributed by atoms with van der Waals surface area (Å²) in [5, 5.41) is 4.66. The van der Waals surface area contributed by atoms with Crippen molar-refractivity contribution in [3.8, 4) is 11.3 Å². The predicted molar refractivity (Wildman–Crippen MR) is 112 cm³/mol. The lowest BCUT2D eigenvalue weighted by Gasteiger charge is -2.19. The number of fused-ring (bicyclic) bond motifs is 1. The summed E-state index contributed by atoms with van der Waals surface area (Å²) in [7, 11) is 0. The van der Waals surface area contributed by atoms with E-state index in [0.29, 0.717) is 17.8 Å². The van der Waals surface area contributed by atoms with Gasteiger partial charge in [-0.1, -0.05) is 18.2 Å². The molecule has 0 aliphatic rings. The second-order valence-corrected chi connectivity index (χ2v) is 8.22. The molecule has 2 aromatic heterocycles. The zero-order valence-electron chi connectivity index (χ0n) is 16.8. The fourth-order valence-corrected chi connectivity index (χ4v) is 3.51. The van der Waals surface area contributed by atoms with E-state index >= 15 is 0 Å². The van der Waals surface area contributed by atoms with Crippen LogP contribution in [0.25, 0.3) is 21.5 Å². The van der Waals surface area contributed by atoms with E-state index in [1.54, 1.807) is 6.92 Å². The molecule has 2 heterocycles. The predicted octanol–water partition coefficient (Wildman–Crippen LogP) is 4.56. The average molecular weight is 413 g/mol. The van der Waals surface area contributed by atoms with Gasteiger partial charge in [0.1, 0.15) is 5.60 Å². The molecule has 0 aliphatic carbocycles. The lowest BCUT2D eigenvalue weighted by atomic mass is 10.1. The number of carbonyl (C=O) groups is 2. The van der Waals surface area contributed by atoms with Gasteiger partial charge >= 0.3 is 12.1 Å². The largest absolute Gasteiger partial charge is 0.460 e. The molecular weight excluding hydrogens is 390 g/mol. The molecular formula is C21H23N3O4S. The Kier molecular flexibility index (Phi) is 6.12. The normalized spacial score (nSPS) is 11.3. The van der Waals surface area contributed by atoms with E-state index < -0.39 is 17.7 Å². The van der Waals surface area contributed by atoms with Gasteiger partial charge in [0.05, 0.1) is 22.5 Å². The molecule has 0 aliphatic heterocycles. The molecule has 1 N–H and O–H groups in total. The van der Waals surface area contributed by atoms with Gasteiger partial charge in [-0.15, -0.1) is 11.3 Å². The fraction of sp³-hybridized carbons (Fsp3) is 0.333. The van der Waals surface area contributed by atoms with Crippen molar-refractivity contribution in [3.05, 3.63) is 47.1 Å². The molecule has 3 aromatic rings. The van der Waals surface area contributed by atoms with Crippen LogP contribution in [0, 0.1) is 0 Å². The average Bonchev–Trinajstić information content (AvgIpc) is 3.13. The van der Waals surface area contributed by atoms with Crippen LogP contribution in [0.15, 0.2) is 35.7 Å². The lowest BCUT2D eigenvalue weighted by molar-refractivity contribution is 0.0506. The maximum absolute atomic E-state index is 12.1. The van der Waals surface area contributed by atoms with E-state index in [0.717, 1.165) is 15.8 Å². The van der Waals surface area contributed by atoms with Crippen LogP contribution in [0.1, 0.15) is 43.9 Å². The van der Waals surface area contributed by atoms with E-state index in [9.17, 15) is 9.59 Å². The standard InChI is InChI=1S/C21H23N3O4S/c1-5-27-19(25)18-23-15-9-10-29-17(15)16(24-18)14-8-6-7-13(11-14)12-22-20(26)28-21(2,3)4/h6-11H,5,12H2,1-4H3,(H,22,26). The molecule has 7 nitrogen and oxygen atoms in total. The molecule has 3 rings (SSSR count). The Bertz CT molecular complexity index is 1040. The Labute approximate surface area is 173 Å². The van der Waals surface area contributed by atoms with E-state index in [1.807, 2.05) is 56.5 Å². The number of nitrogens with zero attached hydrogens (tertiary/aromatic N) is 2. The number of carbonyl (C=O) groups excluding carboxylic acids is 2. The SMILES string of the molecule is CCOC(=O)c1nc(-c2cccc(CNC(=O)OC(C)(C)C)c2)c2sccc2n1. The number of hydrogen-bond donors (Lipinski definition) is 1. The van der Waals surface area contributed by atoms with Crippen LogP contribution in [0.5, 0.6) is 0 Å². The summed E-state index contributed by atoms with van der Waals surface area (Å²) in [5.41, 5.74) is 2.51. The number of ether oxygens (including phenoxy) is 2. The number of hydrogen-bond acceptors (Lipinski definition) is 7. The number of rotatable bonds is 5. The van der Waals surface area contributed by atoms with Crippen LogP contribution >= 0.6 is 11.3 Å². The number of esters is 1. The molecule has 1 amide bonds. The summed E-state index contributed by atoms with van der Waals surface area (Å²) < 4.78 is 11.2. The van der Waals surface area contributed by atoms with Crippen LogP contribution < -0.4 is 5.32 Å². The van der Waals surface area contributed by atoms with Crippen molar-refractivity contribution < 1.29 is 19.1 Å². The first kappa shape index (κ1) is 20.7. The Morgan fingerprint density at radius 1 is 1.17 bits per heavy atom. The molecule has 0 radical (unpaired) electrons. The second-order valence-electron chi connectivity index (χ2n) is 7.31. The number of amides is 1. The smallest absolute Gasteiger partial charge is 0.407 e. The van der Waals surface area contributed by atoms with E-state index in [2.05, 4.69) is 15.3 Å². The third-order valence-electron chi connectivity index (χ3n) is 3.80. The van der Waals surface area contributed by atoms with Crippen LogP contribution in [-0.2, 0) is 16.0 Å². The van der Waals surface area contributed by atoms with Gasteiger partial charge in [0.2, 0.25) is 5.82 Å². The van der Waals surface area contributed by atoms with Crippen molar-refractivity contribution in [1.82, 2.24) is 15.3 Å². The summed E-state index contributed by atoms with van der Waals surface area (Å²) >= 11 is 1.51. The minimum absolute atomic E-state index is 0.0324. The highest BCUT2D eigenvalue weighted by atomic mass is 32.1. The first-order valence-corrected chi connectivity index (χ1v) is 10.1. The Balaban J connectivity index is 1.88. The summed E-state index contributed by atoms with van der Waals surface area (Å²) in [6.07, 6.45) is -0.477. The van der Waals surface area contributed by atoms with Crippen LogP contribution in [0.2, 0.25) is 0 Å². The van der Waals surface area contributed by atoms with Crippen LogP contribution in [0.3, 0.4) is 0 Å². The maximum atomic E-state index is 12.1. The van der Waals surface area contributed by atoms with Crippen LogP contribution in [-0.4, -0.2) is 34.2 Å². The number of benzene rings is 1. The molecule has 0 unspecified atom stereocenters. The molecule has 0 saturated carbocycles. The van der Waals surface area contributed by atoms with Gasteiger partial charge < -0.3 is 14.8 Å². The van der Waals surface area contributed by atoms with Gasteiger partial charge in [-0.3, -0.25) is 0 Å². The lowest BCUT2D eigenvalue weighted by Crippen LogP contribution is -2.32. The molecule has 29 heavy (non-hydrogen) atoms. The van der Waals surface area contributed by atoms with Gasteiger partial charge in [0.25, 0.3) is 0 Å². The van der Waals surface area contributed by atoms with Crippen molar-refractivity contribution in [2.45, 2.75) is 39.8 Å². The fourth-order valence-electron chi connectivity index (χ4n) is 2.66. The molecule has 0 spiro atoms. The van der Waals surface area contributed by atoms with Crippen molar-refractivity contribution >= 4 is 33.6 Å². The van der Waals surface area contributed by atoms with Crippen molar-refractivity contribution in [2.24, 2.45) is 0 Å². The summed E-state index contributed by atoms with van der Waals surface area (Å²) in [6.45, 7) is 7.75. The molecule has 0 bridgehead atoms. The molecule has 0 fully saturated rings. The first-order chi connectivity index (χ1) is 13.8. The third kappa shape index (κ3) is 5.29. The van der Waals surface area contributed by atoms with Crippen molar-refractivity contribution in [3.63, 3.8) is 0 Å². The minimum atomic E-state index is -0.554. The Hall–Kier alpha value is -3.00. The highest BCUT2D eigenvalue weighted by molar-refractivity contribution is 7.17. The maximum Gasteiger partial charge on any atom is 0.407 e. The second kappa shape index (κ2) is 8.57. The van der Waals surface area contributed by atoms with Crippen molar-refractivity contribution in [1.29, 1.82) is 0 Å². The number of aromatic nitrogens is 2. The molecule has 0 saturated heterocycles. The Morgan fingerprint density at radius 3 is 2.69 bits per heavy atom. The first-order valence-electron chi connectivity index (χ1n) is 9.25. The minimum Gasteiger partial charge on any atom is -0.460 e. The van der Waals surface area contributed by atoms with Gasteiger partial charge in [-0.2, -0.15) is 0 Å². The monoisotopic (exact) mass is 413 g/mol. The highest BCUT2D eigenvalue weighted by Crippen LogP contribution is 2.30. The number of thiophene rings is 1. The molecule has 8 heteroatoms. The topological polar surface area (TPSA) is 90.4 Å². The van der Waals surface area contributed by atoms with Gasteiger partial charge in [0, 0.05) is 12.1 Å². The zero-order chi connectivity index (χ0) is 21.0. The highest BCUT2D eigenvalue weighted by Gasteiger charge is 2.18. The third-order valence-corrected chi connectivity index (χ3v) is 4.71. The van der Waals surface area contributed by atoms with E-state index in [-0.39, 0.29) is 12.4 Å². The van der Waals surface area contributed by atoms with Gasteiger partial charge in [-0.05, 0) is 50.8 Å². The van der Waals surface area contributed by atoms with E-state index in [1.165, 1.54) is 11.3 Å². The summed E-state index contributed by atoms with van der Waals surface area (Å²) in [6, 6.07) is 9.47. The Morgan fingerprint density at radius 2 is 1.97 bits per heavy atom. The van der Waals surface area contributed by atoms with E-state index in [4.69, 9.17) is 9.47 Å². The number of nitrogens with one attached hydrogen (secondary N) is 1. The molecule has 0 atom stereocenters. The summed E-state index contributed by atoms with van der Waals surface area (Å²) in [4.78, 5) is 32.8. The molecule has 1 aromatic carbocycles. The number of alkyl carbamates (subject to hydrolysis) is 1. The quantitative estimate of drug-likeness (QED) is 0.617. The molecule has 152 valence electrons. The van der Waals surface area contributed by atoms with Crippen molar-refractivity contribution in [2.75, 3.05) is 6.61 Å². The van der Waals surface area contributed by atoms with Gasteiger partial charge in [0.15, 0.2) is 0 Å². The van der Waals surface area contributed by atoms with Gasteiger partial charge in [-0.25, -0.2) is 19.6 Å². The van der Waals surface area contributed by atoms with Crippen LogP contribution in [0.4, 0.5) is 4.79 Å². The zero-order valence-corrected chi connectivity index (χ0v) is 17.6.